The van der Waals surface area contributed by atoms with E-state index in [1.165, 1.54) is 24.3 Å². The Kier molecular flexibility index (Phi) is 6.62. The van der Waals surface area contributed by atoms with E-state index in [4.69, 9.17) is 20.9 Å². The zero-order valence-electron chi connectivity index (χ0n) is 24.8. The van der Waals surface area contributed by atoms with Crippen LogP contribution in [0.4, 0.5) is 19.0 Å². The van der Waals surface area contributed by atoms with Crippen LogP contribution in [-0.2, 0) is 0 Å². The largest absolute Gasteiger partial charge is 0.508 e. The van der Waals surface area contributed by atoms with Crippen molar-refractivity contribution in [1.29, 1.82) is 5.26 Å². The molecule has 1 N–H and O–H groups in total. The number of benzene rings is 2. The molecular formula is C34H29F3N6O3. The number of terminal acetylenes is 1. The van der Waals surface area contributed by atoms with Crippen molar-refractivity contribution < 1.29 is 27.8 Å². The fourth-order valence-corrected chi connectivity index (χ4v) is 7.80. The summed E-state index contributed by atoms with van der Waals surface area (Å²) in [5, 5.41) is 21.2. The second-order valence-electron chi connectivity index (χ2n) is 12.7. The topological polar surface area (TPSA) is 108 Å². The molecule has 46 heavy (non-hydrogen) atoms. The number of hydrogen-bond donors (Lipinski definition) is 1. The predicted octanol–water partition coefficient (Wildman–Crippen LogP) is 5.27. The van der Waals surface area contributed by atoms with Crippen LogP contribution >= 0.6 is 0 Å². The standard InChI is InChI=1S/C34H29F3N6O3/c1-2-23-25(36)7-5-19-10-22(44)11-24(26(19)23)29-28(37)30-27-31(43-14-18(13-38)4-6-21(43)16-45-32(27)39-29)41-33(40-30)46-17-34-8-3-9-42(34)15-20(35)12-34/h1,5,7,10-11,18,20-21,44H,3-4,6,8-9,12,14-17H2/t18?,20-,21?,34+/m1/s1. The summed E-state index contributed by atoms with van der Waals surface area (Å²) in [6.45, 7) is 1.80. The van der Waals surface area contributed by atoms with Gasteiger partial charge in [0.25, 0.3) is 0 Å². The maximum atomic E-state index is 16.9. The molecule has 2 aromatic carbocycles. The molecule has 0 bridgehead atoms. The number of nitriles is 1. The number of phenols is 1. The summed E-state index contributed by atoms with van der Waals surface area (Å²) < 4.78 is 58.7. The van der Waals surface area contributed by atoms with Gasteiger partial charge in [0.1, 0.15) is 53.4 Å². The maximum Gasteiger partial charge on any atom is 0.319 e. The Bertz CT molecular complexity index is 2010. The number of pyridine rings is 1. The second-order valence-corrected chi connectivity index (χ2v) is 12.7. The summed E-state index contributed by atoms with van der Waals surface area (Å²) in [7, 11) is 0. The predicted molar refractivity (Wildman–Crippen MR) is 163 cm³/mol. The van der Waals surface area contributed by atoms with E-state index in [0.29, 0.717) is 43.6 Å². The van der Waals surface area contributed by atoms with Crippen LogP contribution < -0.4 is 14.4 Å². The minimum Gasteiger partial charge on any atom is -0.508 e. The fraction of sp³-hybridized carbons (Fsp3) is 0.412. The molecule has 4 aliphatic heterocycles. The highest BCUT2D eigenvalue weighted by molar-refractivity contribution is 6.04. The van der Waals surface area contributed by atoms with Gasteiger partial charge >= 0.3 is 6.01 Å². The Morgan fingerprint density at radius 1 is 1.15 bits per heavy atom. The Labute approximate surface area is 262 Å². The highest BCUT2D eigenvalue weighted by Crippen LogP contribution is 2.45. The molecule has 4 aromatic rings. The van der Waals surface area contributed by atoms with E-state index >= 15 is 4.39 Å². The van der Waals surface area contributed by atoms with E-state index in [1.54, 1.807) is 0 Å². The van der Waals surface area contributed by atoms with E-state index in [9.17, 15) is 19.1 Å². The summed E-state index contributed by atoms with van der Waals surface area (Å²) >= 11 is 0. The number of piperidine rings is 1. The zero-order chi connectivity index (χ0) is 31.7. The van der Waals surface area contributed by atoms with Gasteiger partial charge in [-0.2, -0.15) is 15.2 Å². The van der Waals surface area contributed by atoms with Crippen molar-refractivity contribution in [2.45, 2.75) is 49.9 Å². The average Bonchev–Trinajstić information content (AvgIpc) is 3.53. The number of aromatic nitrogens is 3. The highest BCUT2D eigenvalue weighted by atomic mass is 19.1. The summed E-state index contributed by atoms with van der Waals surface area (Å²) in [6, 6.07) is 7.41. The van der Waals surface area contributed by atoms with Crippen molar-refractivity contribution in [3.05, 3.63) is 41.5 Å². The van der Waals surface area contributed by atoms with E-state index < -0.39 is 23.3 Å². The summed E-state index contributed by atoms with van der Waals surface area (Å²) in [6.07, 6.45) is 8.07. The molecule has 9 nitrogen and oxygen atoms in total. The van der Waals surface area contributed by atoms with E-state index in [-0.39, 0.29) is 75.9 Å². The molecule has 0 amide bonds. The molecule has 234 valence electrons. The Balaban J connectivity index is 1.34. The first-order valence-electron chi connectivity index (χ1n) is 15.4. The van der Waals surface area contributed by atoms with Crippen LogP contribution in [0.25, 0.3) is 32.9 Å². The lowest BCUT2D eigenvalue weighted by molar-refractivity contribution is 0.107. The van der Waals surface area contributed by atoms with Crippen molar-refractivity contribution in [3.63, 3.8) is 0 Å². The van der Waals surface area contributed by atoms with Crippen LogP contribution in [-0.4, -0.2) is 75.6 Å². The van der Waals surface area contributed by atoms with Crippen LogP contribution in [0, 0.1) is 41.2 Å². The lowest BCUT2D eigenvalue weighted by atomic mass is 9.94. The number of nitrogens with zero attached hydrogens (tertiary/aromatic N) is 6. The fourth-order valence-electron chi connectivity index (χ4n) is 7.80. The van der Waals surface area contributed by atoms with Gasteiger partial charge in [0.2, 0.25) is 5.88 Å². The molecule has 0 saturated carbocycles. The van der Waals surface area contributed by atoms with Gasteiger partial charge in [-0.1, -0.05) is 12.0 Å². The van der Waals surface area contributed by atoms with Gasteiger partial charge in [-0.25, -0.2) is 18.2 Å². The van der Waals surface area contributed by atoms with Crippen LogP contribution in [0.15, 0.2) is 24.3 Å². The molecule has 3 saturated heterocycles. The Morgan fingerprint density at radius 2 is 2.02 bits per heavy atom. The summed E-state index contributed by atoms with van der Waals surface area (Å²) in [4.78, 5) is 17.9. The average molecular weight is 627 g/mol. The molecule has 0 spiro atoms. The number of halogens is 3. The molecule has 0 radical (unpaired) electrons. The Morgan fingerprint density at radius 3 is 2.85 bits per heavy atom. The molecule has 4 aliphatic rings. The molecule has 0 aliphatic carbocycles. The molecule has 12 heteroatoms. The van der Waals surface area contributed by atoms with Crippen LogP contribution in [0.5, 0.6) is 17.6 Å². The van der Waals surface area contributed by atoms with Crippen molar-refractivity contribution >= 4 is 27.5 Å². The van der Waals surface area contributed by atoms with Gasteiger partial charge in [0.05, 0.1) is 29.1 Å². The minimum atomic E-state index is -0.955. The van der Waals surface area contributed by atoms with E-state index in [0.717, 1.165) is 19.4 Å². The third-order valence-electron chi connectivity index (χ3n) is 9.97. The normalized spacial score (nSPS) is 25.4. The lowest BCUT2D eigenvalue weighted by Crippen LogP contribution is -2.46. The van der Waals surface area contributed by atoms with Crippen LogP contribution in [0.3, 0.4) is 0 Å². The quantitative estimate of drug-likeness (QED) is 0.304. The van der Waals surface area contributed by atoms with Gasteiger partial charge in [-0.05, 0) is 55.8 Å². The van der Waals surface area contributed by atoms with Gasteiger partial charge < -0.3 is 19.5 Å². The molecule has 8 rings (SSSR count). The molecule has 2 unspecified atom stereocenters. The number of ether oxygens (including phenoxy) is 2. The molecular weight excluding hydrogens is 597 g/mol. The summed E-state index contributed by atoms with van der Waals surface area (Å²) in [5.41, 5.74) is -0.914. The third kappa shape index (κ3) is 4.38. The number of aromatic hydroxyl groups is 1. The highest BCUT2D eigenvalue weighted by Gasteiger charge is 2.49. The number of rotatable bonds is 4. The molecule has 3 fully saturated rings. The maximum absolute atomic E-state index is 16.9. The van der Waals surface area contributed by atoms with Crippen molar-refractivity contribution in [2.75, 3.05) is 37.7 Å². The molecule has 6 heterocycles. The number of alkyl halides is 1. The van der Waals surface area contributed by atoms with E-state index in [2.05, 4.69) is 26.9 Å². The number of hydrogen-bond acceptors (Lipinski definition) is 9. The third-order valence-corrected chi connectivity index (χ3v) is 9.97. The lowest BCUT2D eigenvalue weighted by Gasteiger charge is -2.37. The van der Waals surface area contributed by atoms with Crippen molar-refractivity contribution in [1.82, 2.24) is 19.9 Å². The first kappa shape index (κ1) is 28.6. The van der Waals surface area contributed by atoms with Crippen molar-refractivity contribution in [3.8, 4) is 47.3 Å². The molecule has 4 atom stereocenters. The van der Waals surface area contributed by atoms with Gasteiger partial charge in [-0.3, -0.25) is 4.90 Å². The number of fused-ring (bicyclic) bond motifs is 4. The van der Waals surface area contributed by atoms with Crippen LogP contribution in [0.1, 0.15) is 37.7 Å². The Hall–Kier alpha value is -4.81. The van der Waals surface area contributed by atoms with Gasteiger partial charge in [-0.15, -0.1) is 6.42 Å². The van der Waals surface area contributed by atoms with Gasteiger partial charge in [0, 0.05) is 30.5 Å². The van der Waals surface area contributed by atoms with Gasteiger partial charge in [0.15, 0.2) is 5.82 Å². The zero-order valence-corrected chi connectivity index (χ0v) is 24.8. The number of anilines is 1. The summed E-state index contributed by atoms with van der Waals surface area (Å²) in [5.74, 6) is 0.735. The minimum absolute atomic E-state index is 0.0580. The first-order chi connectivity index (χ1) is 22.3. The van der Waals surface area contributed by atoms with Crippen molar-refractivity contribution in [2.24, 2.45) is 5.92 Å². The monoisotopic (exact) mass is 626 g/mol. The van der Waals surface area contributed by atoms with E-state index in [1.807, 2.05) is 4.90 Å². The SMILES string of the molecule is C#Cc1c(F)ccc2cc(O)cc(-c3nc4c5c(nc(OC[C@@]67CCCN6C[C@H](F)C7)nc5c3F)N3CC(C#N)CCC3CO4)c12. The second kappa shape index (κ2) is 10.6. The first-order valence-corrected chi connectivity index (χ1v) is 15.4. The number of phenolic OH excluding ortho intramolecular Hbond substituents is 1. The smallest absolute Gasteiger partial charge is 0.319 e. The molecule has 2 aromatic heterocycles. The van der Waals surface area contributed by atoms with Crippen LogP contribution in [0.2, 0.25) is 0 Å².